The molecule has 3 atom stereocenters. The monoisotopic (exact) mass is 213 g/mol. The molecule has 2 N–H and O–H groups in total. The van der Waals surface area contributed by atoms with Crippen molar-refractivity contribution in [2.75, 3.05) is 6.54 Å². The number of hydrogen-bond donors (Lipinski definition) is 2. The maximum Gasteiger partial charge on any atom is 0.0743 e. The Kier molecular flexibility index (Phi) is 3.06. The van der Waals surface area contributed by atoms with E-state index in [0.717, 1.165) is 25.8 Å². The molecule has 2 bridgehead atoms. The van der Waals surface area contributed by atoms with Crippen LogP contribution in [-0.4, -0.2) is 45.4 Å². The lowest BCUT2D eigenvalue weighted by Gasteiger charge is -2.40. The number of piperidine rings is 1. The SMILES string of the molecule is CCC(C)(O)CN1C2CCC1CC(O)C2. The van der Waals surface area contributed by atoms with Crippen molar-refractivity contribution in [3.63, 3.8) is 0 Å². The van der Waals surface area contributed by atoms with Crippen LogP contribution in [0.1, 0.15) is 46.0 Å². The van der Waals surface area contributed by atoms with Crippen LogP contribution >= 0.6 is 0 Å². The Hall–Kier alpha value is -0.120. The highest BCUT2D eigenvalue weighted by atomic mass is 16.3. The fraction of sp³-hybridized carbons (Fsp3) is 1.00. The Bertz CT molecular complexity index is 216. The van der Waals surface area contributed by atoms with Crippen molar-refractivity contribution in [3.05, 3.63) is 0 Å². The van der Waals surface area contributed by atoms with Gasteiger partial charge in [-0.05, 0) is 39.0 Å². The second kappa shape index (κ2) is 4.04. The lowest BCUT2D eigenvalue weighted by atomic mass is 9.95. The first-order chi connectivity index (χ1) is 7.02. The highest BCUT2D eigenvalue weighted by molar-refractivity contribution is 4.97. The normalized spacial score (nSPS) is 40.4. The lowest BCUT2D eigenvalue weighted by Crippen LogP contribution is -2.51. The average molecular weight is 213 g/mol. The largest absolute Gasteiger partial charge is 0.393 e. The summed E-state index contributed by atoms with van der Waals surface area (Å²) in [5, 5.41) is 19.8. The number of fused-ring (bicyclic) bond motifs is 2. The van der Waals surface area contributed by atoms with E-state index in [9.17, 15) is 10.2 Å². The highest BCUT2D eigenvalue weighted by Crippen LogP contribution is 2.36. The Morgan fingerprint density at radius 2 is 1.80 bits per heavy atom. The molecule has 2 heterocycles. The Labute approximate surface area is 92.1 Å². The molecule has 0 aromatic carbocycles. The van der Waals surface area contributed by atoms with E-state index in [0.29, 0.717) is 12.1 Å². The zero-order valence-corrected chi connectivity index (χ0v) is 9.82. The topological polar surface area (TPSA) is 43.7 Å². The minimum atomic E-state index is -0.566. The molecule has 2 aliphatic rings. The first-order valence-corrected chi connectivity index (χ1v) is 6.18. The quantitative estimate of drug-likeness (QED) is 0.739. The molecule has 0 saturated carbocycles. The molecule has 2 saturated heterocycles. The molecule has 15 heavy (non-hydrogen) atoms. The van der Waals surface area contributed by atoms with Crippen molar-refractivity contribution in [2.24, 2.45) is 0 Å². The third-order valence-electron chi connectivity index (χ3n) is 4.14. The van der Waals surface area contributed by atoms with Gasteiger partial charge in [-0.25, -0.2) is 0 Å². The maximum atomic E-state index is 10.1. The Morgan fingerprint density at radius 1 is 1.27 bits per heavy atom. The summed E-state index contributed by atoms with van der Waals surface area (Å²) in [4.78, 5) is 2.43. The second-order valence-electron chi connectivity index (χ2n) is 5.53. The first kappa shape index (κ1) is 11.4. The molecule has 0 radical (unpaired) electrons. The summed E-state index contributed by atoms with van der Waals surface area (Å²) in [6.45, 7) is 4.71. The van der Waals surface area contributed by atoms with Gasteiger partial charge in [-0.15, -0.1) is 0 Å². The van der Waals surface area contributed by atoms with Crippen LogP contribution < -0.4 is 0 Å². The van der Waals surface area contributed by atoms with E-state index in [1.807, 2.05) is 13.8 Å². The lowest BCUT2D eigenvalue weighted by molar-refractivity contribution is -0.0326. The number of nitrogens with zero attached hydrogens (tertiary/aromatic N) is 1. The van der Waals surface area contributed by atoms with Crippen molar-refractivity contribution in [1.29, 1.82) is 0 Å². The van der Waals surface area contributed by atoms with Gasteiger partial charge in [0.2, 0.25) is 0 Å². The van der Waals surface area contributed by atoms with Gasteiger partial charge >= 0.3 is 0 Å². The number of rotatable bonds is 3. The molecule has 3 unspecified atom stereocenters. The Morgan fingerprint density at radius 3 is 2.27 bits per heavy atom. The van der Waals surface area contributed by atoms with Gasteiger partial charge in [0.15, 0.2) is 0 Å². The summed E-state index contributed by atoms with van der Waals surface area (Å²) < 4.78 is 0. The van der Waals surface area contributed by atoms with Gasteiger partial charge in [0, 0.05) is 18.6 Å². The standard InChI is InChI=1S/C12H23NO2/c1-3-12(2,15)8-13-9-4-5-10(13)7-11(14)6-9/h9-11,14-15H,3-8H2,1-2H3. The first-order valence-electron chi connectivity index (χ1n) is 6.18. The fourth-order valence-corrected chi connectivity index (χ4v) is 3.01. The molecule has 2 fully saturated rings. The fourth-order valence-electron chi connectivity index (χ4n) is 3.01. The summed E-state index contributed by atoms with van der Waals surface area (Å²) in [7, 11) is 0. The van der Waals surface area contributed by atoms with E-state index < -0.39 is 5.60 Å². The molecular formula is C12H23NO2. The molecule has 3 nitrogen and oxygen atoms in total. The molecular weight excluding hydrogens is 190 g/mol. The van der Waals surface area contributed by atoms with Crippen LogP contribution in [0.3, 0.4) is 0 Å². The number of aliphatic hydroxyl groups excluding tert-OH is 1. The second-order valence-corrected chi connectivity index (χ2v) is 5.53. The summed E-state index contributed by atoms with van der Waals surface area (Å²) >= 11 is 0. The van der Waals surface area contributed by atoms with Crippen LogP contribution in [0.15, 0.2) is 0 Å². The van der Waals surface area contributed by atoms with Crippen LogP contribution in [0, 0.1) is 0 Å². The van der Waals surface area contributed by atoms with E-state index in [-0.39, 0.29) is 6.10 Å². The van der Waals surface area contributed by atoms with Crippen molar-refractivity contribution in [1.82, 2.24) is 4.90 Å². The third-order valence-corrected chi connectivity index (χ3v) is 4.14. The van der Waals surface area contributed by atoms with E-state index in [1.54, 1.807) is 0 Å². The van der Waals surface area contributed by atoms with Gasteiger partial charge in [-0.1, -0.05) is 6.92 Å². The Balaban J connectivity index is 1.99. The molecule has 0 aromatic rings. The smallest absolute Gasteiger partial charge is 0.0743 e. The average Bonchev–Trinajstić information content (AvgIpc) is 2.42. The summed E-state index contributed by atoms with van der Waals surface area (Å²) in [6.07, 6.45) is 4.88. The predicted octanol–water partition coefficient (Wildman–Crippen LogP) is 1.14. The van der Waals surface area contributed by atoms with Gasteiger partial charge < -0.3 is 10.2 Å². The third kappa shape index (κ3) is 2.35. The van der Waals surface area contributed by atoms with Gasteiger partial charge in [0.25, 0.3) is 0 Å². The summed E-state index contributed by atoms with van der Waals surface area (Å²) in [5.74, 6) is 0. The predicted molar refractivity (Wildman–Crippen MR) is 59.7 cm³/mol. The number of hydrogen-bond acceptors (Lipinski definition) is 3. The van der Waals surface area contributed by atoms with Gasteiger partial charge in [0.1, 0.15) is 0 Å². The van der Waals surface area contributed by atoms with Crippen LogP contribution in [0.25, 0.3) is 0 Å². The van der Waals surface area contributed by atoms with Gasteiger partial charge in [-0.3, -0.25) is 4.90 Å². The minimum Gasteiger partial charge on any atom is -0.393 e. The molecule has 0 aromatic heterocycles. The minimum absolute atomic E-state index is 0.106. The molecule has 2 rings (SSSR count). The summed E-state index contributed by atoms with van der Waals surface area (Å²) in [6, 6.07) is 1.02. The van der Waals surface area contributed by atoms with Crippen LogP contribution in [-0.2, 0) is 0 Å². The van der Waals surface area contributed by atoms with E-state index in [2.05, 4.69) is 4.90 Å². The van der Waals surface area contributed by atoms with Crippen molar-refractivity contribution < 1.29 is 10.2 Å². The van der Waals surface area contributed by atoms with E-state index >= 15 is 0 Å². The number of aliphatic hydroxyl groups is 2. The molecule has 3 heteroatoms. The maximum absolute atomic E-state index is 10.1. The zero-order chi connectivity index (χ0) is 11.1. The molecule has 88 valence electrons. The zero-order valence-electron chi connectivity index (χ0n) is 9.82. The molecule has 0 aliphatic carbocycles. The van der Waals surface area contributed by atoms with E-state index in [1.165, 1.54) is 12.8 Å². The van der Waals surface area contributed by atoms with Crippen molar-refractivity contribution in [3.8, 4) is 0 Å². The highest BCUT2D eigenvalue weighted by Gasteiger charge is 2.42. The van der Waals surface area contributed by atoms with Crippen LogP contribution in [0.4, 0.5) is 0 Å². The van der Waals surface area contributed by atoms with Crippen LogP contribution in [0.5, 0.6) is 0 Å². The van der Waals surface area contributed by atoms with Gasteiger partial charge in [0.05, 0.1) is 11.7 Å². The molecule has 0 amide bonds. The molecule has 0 spiro atoms. The van der Waals surface area contributed by atoms with Gasteiger partial charge in [-0.2, -0.15) is 0 Å². The van der Waals surface area contributed by atoms with Crippen molar-refractivity contribution >= 4 is 0 Å². The molecule has 2 aliphatic heterocycles. The van der Waals surface area contributed by atoms with Crippen LogP contribution in [0.2, 0.25) is 0 Å². The summed E-state index contributed by atoms with van der Waals surface area (Å²) in [5.41, 5.74) is -0.566. The van der Waals surface area contributed by atoms with E-state index in [4.69, 9.17) is 0 Å². The van der Waals surface area contributed by atoms with Crippen molar-refractivity contribution in [2.45, 2.75) is 69.7 Å².